The van der Waals surface area contributed by atoms with Gasteiger partial charge in [-0.05, 0) is 57.9 Å². The van der Waals surface area contributed by atoms with Crippen LogP contribution in [-0.4, -0.2) is 23.3 Å². The minimum absolute atomic E-state index is 0.216. The van der Waals surface area contributed by atoms with E-state index in [4.69, 9.17) is 9.47 Å². The lowest BCUT2D eigenvalue weighted by atomic mass is 10.1. The van der Waals surface area contributed by atoms with Crippen LogP contribution in [0.1, 0.15) is 31.9 Å². The summed E-state index contributed by atoms with van der Waals surface area (Å²) in [5.41, 5.74) is 0.504. The number of esters is 1. The van der Waals surface area contributed by atoms with Crippen LogP contribution < -0.4 is 4.74 Å². The number of carbonyl (C=O) groups excluding carboxylic acids is 1. The Balaban J connectivity index is 2.97. The van der Waals surface area contributed by atoms with Gasteiger partial charge in [0.25, 0.3) is 0 Å². The van der Waals surface area contributed by atoms with Crippen LogP contribution in [0.2, 0.25) is 0 Å². The molecule has 0 saturated carbocycles. The predicted octanol–water partition coefficient (Wildman–Crippen LogP) is 2.73. The molecule has 0 radical (unpaired) electrons. The molecule has 0 atom stereocenters. The van der Waals surface area contributed by atoms with Crippen molar-refractivity contribution in [2.24, 2.45) is 0 Å². The molecule has 0 heterocycles. The zero-order chi connectivity index (χ0) is 13.9. The highest BCUT2D eigenvalue weighted by Crippen LogP contribution is 2.30. The molecule has 0 aliphatic rings. The van der Waals surface area contributed by atoms with Gasteiger partial charge >= 0.3 is 5.97 Å². The van der Waals surface area contributed by atoms with Crippen LogP contribution in [0.25, 0.3) is 0 Å². The third-order valence-corrected chi connectivity index (χ3v) is 2.84. The van der Waals surface area contributed by atoms with Gasteiger partial charge in [-0.25, -0.2) is 4.79 Å². The molecule has 1 aromatic rings. The first kappa shape index (κ1) is 14.4. The second-order valence-corrected chi connectivity index (χ2v) is 4.67. The van der Waals surface area contributed by atoms with E-state index in [-0.39, 0.29) is 5.75 Å². The highest BCUT2D eigenvalue weighted by atomic mass is 16.6. The van der Waals surface area contributed by atoms with Gasteiger partial charge in [0.1, 0.15) is 11.5 Å². The Morgan fingerprint density at radius 1 is 1.28 bits per heavy atom. The minimum atomic E-state index is -1.05. The molecule has 18 heavy (non-hydrogen) atoms. The van der Waals surface area contributed by atoms with Gasteiger partial charge in [0.05, 0.1) is 6.61 Å². The third kappa shape index (κ3) is 2.94. The lowest BCUT2D eigenvalue weighted by Crippen LogP contribution is -2.39. The zero-order valence-corrected chi connectivity index (χ0v) is 11.5. The van der Waals surface area contributed by atoms with Gasteiger partial charge in [0.2, 0.25) is 0 Å². The maximum atomic E-state index is 11.7. The molecule has 100 valence electrons. The number of aromatic hydroxyl groups is 1. The van der Waals surface area contributed by atoms with E-state index in [2.05, 4.69) is 0 Å². The van der Waals surface area contributed by atoms with Crippen LogP contribution in [0, 0.1) is 13.8 Å². The van der Waals surface area contributed by atoms with Gasteiger partial charge in [-0.15, -0.1) is 0 Å². The maximum absolute atomic E-state index is 11.7. The number of ether oxygens (including phenoxy) is 2. The molecule has 0 saturated heterocycles. The fraction of sp³-hybridized carbons (Fsp3) is 0.500. The summed E-state index contributed by atoms with van der Waals surface area (Å²) in [6, 6.07) is 3.21. The number of phenolic OH excluding ortho intramolecular Hbond substituents is 1. The Bertz CT molecular complexity index is 449. The largest absolute Gasteiger partial charge is 0.508 e. The SMILES string of the molecule is CCOC(=O)C(C)(C)Oc1ccc(O)c(C)c1C. The molecule has 4 heteroatoms. The predicted molar refractivity (Wildman–Crippen MR) is 68.9 cm³/mol. The number of rotatable bonds is 4. The second-order valence-electron chi connectivity index (χ2n) is 4.67. The molecule has 4 nitrogen and oxygen atoms in total. The van der Waals surface area contributed by atoms with E-state index in [1.165, 1.54) is 0 Å². The number of phenols is 1. The van der Waals surface area contributed by atoms with Crippen LogP contribution in [0.5, 0.6) is 11.5 Å². The minimum Gasteiger partial charge on any atom is -0.508 e. The molecule has 0 amide bonds. The number of hydrogen-bond donors (Lipinski definition) is 1. The molecule has 0 fully saturated rings. The maximum Gasteiger partial charge on any atom is 0.349 e. The summed E-state index contributed by atoms with van der Waals surface area (Å²) < 4.78 is 10.7. The quantitative estimate of drug-likeness (QED) is 0.837. The Hall–Kier alpha value is -1.71. The lowest BCUT2D eigenvalue weighted by Gasteiger charge is -2.25. The third-order valence-electron chi connectivity index (χ3n) is 2.84. The van der Waals surface area contributed by atoms with E-state index < -0.39 is 11.6 Å². The first-order chi connectivity index (χ1) is 8.29. The Kier molecular flexibility index (Phi) is 4.22. The van der Waals surface area contributed by atoms with Crippen LogP contribution in [0.3, 0.4) is 0 Å². The fourth-order valence-electron chi connectivity index (χ4n) is 1.51. The fourth-order valence-corrected chi connectivity index (χ4v) is 1.51. The topological polar surface area (TPSA) is 55.8 Å². The summed E-state index contributed by atoms with van der Waals surface area (Å²) in [7, 11) is 0. The van der Waals surface area contributed by atoms with Crippen molar-refractivity contribution in [2.45, 2.75) is 40.2 Å². The molecule has 0 aliphatic carbocycles. The number of hydrogen-bond acceptors (Lipinski definition) is 4. The molecule has 1 N–H and O–H groups in total. The average Bonchev–Trinajstić information content (AvgIpc) is 2.30. The summed E-state index contributed by atoms with van der Waals surface area (Å²) in [4.78, 5) is 11.7. The van der Waals surface area contributed by atoms with Crippen LogP contribution >= 0.6 is 0 Å². The van der Waals surface area contributed by atoms with E-state index in [9.17, 15) is 9.90 Å². The highest BCUT2D eigenvalue weighted by molar-refractivity contribution is 5.79. The van der Waals surface area contributed by atoms with Gasteiger partial charge in [0.15, 0.2) is 5.60 Å². The van der Waals surface area contributed by atoms with E-state index in [1.807, 2.05) is 6.92 Å². The smallest absolute Gasteiger partial charge is 0.349 e. The van der Waals surface area contributed by atoms with E-state index in [0.717, 1.165) is 11.1 Å². The first-order valence-electron chi connectivity index (χ1n) is 5.95. The monoisotopic (exact) mass is 252 g/mol. The molecule has 0 aromatic heterocycles. The highest BCUT2D eigenvalue weighted by Gasteiger charge is 2.32. The summed E-state index contributed by atoms with van der Waals surface area (Å²) in [6.45, 7) is 9.03. The van der Waals surface area contributed by atoms with Crippen LogP contribution in [0.15, 0.2) is 12.1 Å². The molecule has 1 aromatic carbocycles. The molecule has 0 unspecified atom stereocenters. The molecule has 0 aliphatic heterocycles. The first-order valence-corrected chi connectivity index (χ1v) is 5.95. The molecular weight excluding hydrogens is 232 g/mol. The Morgan fingerprint density at radius 2 is 1.89 bits per heavy atom. The average molecular weight is 252 g/mol. The van der Waals surface area contributed by atoms with E-state index >= 15 is 0 Å². The van der Waals surface area contributed by atoms with Gasteiger partial charge in [0, 0.05) is 0 Å². The molecule has 0 spiro atoms. The van der Waals surface area contributed by atoms with Crippen molar-refractivity contribution >= 4 is 5.97 Å². The van der Waals surface area contributed by atoms with Gasteiger partial charge in [-0.2, -0.15) is 0 Å². The number of benzene rings is 1. The van der Waals surface area contributed by atoms with Crippen molar-refractivity contribution in [2.75, 3.05) is 6.61 Å². The van der Waals surface area contributed by atoms with Gasteiger partial charge in [-0.1, -0.05) is 0 Å². The summed E-state index contributed by atoms with van der Waals surface area (Å²) >= 11 is 0. The molecular formula is C14H20O4. The summed E-state index contributed by atoms with van der Waals surface area (Å²) in [5, 5.41) is 9.57. The van der Waals surface area contributed by atoms with E-state index in [0.29, 0.717) is 12.4 Å². The van der Waals surface area contributed by atoms with Crippen molar-refractivity contribution in [3.63, 3.8) is 0 Å². The van der Waals surface area contributed by atoms with Crippen molar-refractivity contribution in [1.29, 1.82) is 0 Å². The van der Waals surface area contributed by atoms with Gasteiger partial charge in [-0.3, -0.25) is 0 Å². The van der Waals surface area contributed by atoms with Crippen molar-refractivity contribution in [3.05, 3.63) is 23.3 Å². The van der Waals surface area contributed by atoms with Crippen molar-refractivity contribution in [1.82, 2.24) is 0 Å². The number of carbonyl (C=O) groups is 1. The zero-order valence-electron chi connectivity index (χ0n) is 11.5. The van der Waals surface area contributed by atoms with Crippen molar-refractivity contribution < 1.29 is 19.4 Å². The summed E-state index contributed by atoms with van der Waals surface area (Å²) in [5.74, 6) is 0.382. The Morgan fingerprint density at radius 3 is 2.44 bits per heavy atom. The van der Waals surface area contributed by atoms with Crippen molar-refractivity contribution in [3.8, 4) is 11.5 Å². The molecule has 0 bridgehead atoms. The lowest BCUT2D eigenvalue weighted by molar-refractivity contribution is -0.158. The van der Waals surface area contributed by atoms with Crippen LogP contribution in [-0.2, 0) is 9.53 Å². The Labute approximate surface area is 108 Å². The van der Waals surface area contributed by atoms with Gasteiger partial charge < -0.3 is 14.6 Å². The van der Waals surface area contributed by atoms with Crippen LogP contribution in [0.4, 0.5) is 0 Å². The molecule has 1 rings (SSSR count). The second kappa shape index (κ2) is 5.29. The summed E-state index contributed by atoms with van der Waals surface area (Å²) in [6.07, 6.45) is 0. The van der Waals surface area contributed by atoms with E-state index in [1.54, 1.807) is 39.8 Å². The normalized spacial score (nSPS) is 11.2. The standard InChI is InChI=1S/C14H20O4/c1-6-17-13(16)14(4,5)18-12-8-7-11(15)9(2)10(12)3/h7-8,15H,6H2,1-5H3.